The minimum Gasteiger partial charge on any atom is -0.404 e. The molecule has 94 valence electrons. The van der Waals surface area contributed by atoms with Crippen molar-refractivity contribution in [3.8, 4) is 5.75 Å². The van der Waals surface area contributed by atoms with E-state index in [1.54, 1.807) is 19.1 Å². The Labute approximate surface area is 106 Å². The molecule has 0 saturated heterocycles. The standard InChI is InChI=1S/C11H11BrF3NO/c1-3-7(2)16-9-5-4-8(12)6-10(9)17-11(13,14)15/h3-7,16H,1H2,2H3. The lowest BCUT2D eigenvalue weighted by Crippen LogP contribution is -2.19. The van der Waals surface area contributed by atoms with Crippen molar-refractivity contribution in [2.24, 2.45) is 0 Å². The Balaban J connectivity index is 2.99. The van der Waals surface area contributed by atoms with Crippen molar-refractivity contribution < 1.29 is 17.9 Å². The van der Waals surface area contributed by atoms with Crippen molar-refractivity contribution in [3.05, 3.63) is 35.3 Å². The molecule has 1 unspecified atom stereocenters. The molecule has 0 fully saturated rings. The van der Waals surface area contributed by atoms with Crippen LogP contribution in [0.3, 0.4) is 0 Å². The van der Waals surface area contributed by atoms with E-state index in [0.29, 0.717) is 4.47 Å². The zero-order valence-corrected chi connectivity index (χ0v) is 10.6. The highest BCUT2D eigenvalue weighted by molar-refractivity contribution is 9.10. The summed E-state index contributed by atoms with van der Waals surface area (Å²) >= 11 is 3.09. The lowest BCUT2D eigenvalue weighted by Gasteiger charge is -2.17. The van der Waals surface area contributed by atoms with Gasteiger partial charge in [-0.15, -0.1) is 19.8 Å². The Morgan fingerprint density at radius 3 is 2.65 bits per heavy atom. The summed E-state index contributed by atoms with van der Waals surface area (Å²) in [4.78, 5) is 0. The molecule has 1 aromatic rings. The first kappa shape index (κ1) is 13.9. The monoisotopic (exact) mass is 309 g/mol. The maximum atomic E-state index is 12.2. The molecule has 0 aromatic heterocycles. The summed E-state index contributed by atoms with van der Waals surface area (Å²) in [5.74, 6) is -0.277. The zero-order valence-electron chi connectivity index (χ0n) is 9.01. The lowest BCUT2D eigenvalue weighted by atomic mass is 10.2. The highest BCUT2D eigenvalue weighted by Gasteiger charge is 2.32. The minimum absolute atomic E-state index is 0.160. The van der Waals surface area contributed by atoms with Crippen molar-refractivity contribution in [1.82, 2.24) is 0 Å². The molecule has 2 nitrogen and oxygen atoms in total. The molecule has 0 bridgehead atoms. The Hall–Kier alpha value is -1.17. The highest BCUT2D eigenvalue weighted by Crippen LogP contribution is 2.33. The molecular weight excluding hydrogens is 299 g/mol. The third kappa shape index (κ3) is 4.68. The van der Waals surface area contributed by atoms with Gasteiger partial charge in [-0.1, -0.05) is 22.0 Å². The van der Waals surface area contributed by atoms with Crippen LogP contribution >= 0.6 is 15.9 Å². The van der Waals surface area contributed by atoms with Crippen LogP contribution in [0.15, 0.2) is 35.3 Å². The summed E-state index contributed by atoms with van der Waals surface area (Å²) in [6.45, 7) is 5.31. The number of alkyl halides is 3. The molecule has 0 heterocycles. The first-order chi connectivity index (χ1) is 7.81. The fourth-order valence-electron chi connectivity index (χ4n) is 1.13. The van der Waals surface area contributed by atoms with Crippen molar-refractivity contribution >= 4 is 21.6 Å². The maximum Gasteiger partial charge on any atom is 0.573 e. The van der Waals surface area contributed by atoms with E-state index in [-0.39, 0.29) is 17.5 Å². The van der Waals surface area contributed by atoms with Crippen LogP contribution in [0.5, 0.6) is 5.75 Å². The highest BCUT2D eigenvalue weighted by atomic mass is 79.9. The Kier molecular flexibility index (Phi) is 4.45. The average molecular weight is 310 g/mol. The molecule has 0 saturated carbocycles. The molecule has 1 rings (SSSR count). The number of benzene rings is 1. The van der Waals surface area contributed by atoms with Crippen LogP contribution < -0.4 is 10.1 Å². The van der Waals surface area contributed by atoms with E-state index in [4.69, 9.17) is 0 Å². The van der Waals surface area contributed by atoms with Crippen molar-refractivity contribution in [1.29, 1.82) is 0 Å². The molecule has 1 aromatic carbocycles. The van der Waals surface area contributed by atoms with Gasteiger partial charge in [0.25, 0.3) is 0 Å². The number of hydrogen-bond acceptors (Lipinski definition) is 2. The van der Waals surface area contributed by atoms with Crippen LogP contribution in [0.4, 0.5) is 18.9 Å². The van der Waals surface area contributed by atoms with Gasteiger partial charge < -0.3 is 10.1 Å². The van der Waals surface area contributed by atoms with E-state index in [0.717, 1.165) is 0 Å². The van der Waals surface area contributed by atoms with Gasteiger partial charge in [0, 0.05) is 10.5 Å². The molecule has 6 heteroatoms. The van der Waals surface area contributed by atoms with Gasteiger partial charge in [0.15, 0.2) is 5.75 Å². The van der Waals surface area contributed by atoms with Crippen LogP contribution in [0, 0.1) is 0 Å². The second-order valence-electron chi connectivity index (χ2n) is 3.36. The number of anilines is 1. The molecule has 0 aliphatic rings. The van der Waals surface area contributed by atoms with E-state index < -0.39 is 6.36 Å². The van der Waals surface area contributed by atoms with Crippen molar-refractivity contribution in [3.63, 3.8) is 0 Å². The molecule has 0 aliphatic carbocycles. The van der Waals surface area contributed by atoms with E-state index in [2.05, 4.69) is 32.6 Å². The summed E-state index contributed by atoms with van der Waals surface area (Å²) in [5.41, 5.74) is 0.262. The third-order valence-electron chi connectivity index (χ3n) is 1.91. The predicted octanol–water partition coefficient (Wildman–Crippen LogP) is 4.33. The van der Waals surface area contributed by atoms with Crippen molar-refractivity contribution in [2.75, 3.05) is 5.32 Å². The number of hydrogen-bond donors (Lipinski definition) is 1. The molecule has 0 aliphatic heterocycles. The van der Waals surface area contributed by atoms with Gasteiger partial charge in [-0.05, 0) is 25.1 Å². The van der Waals surface area contributed by atoms with Gasteiger partial charge in [-0.2, -0.15) is 0 Å². The minimum atomic E-state index is -4.71. The van der Waals surface area contributed by atoms with Gasteiger partial charge in [0.1, 0.15) is 0 Å². The summed E-state index contributed by atoms with van der Waals surface area (Å²) in [6, 6.07) is 4.23. The maximum absolute atomic E-state index is 12.2. The summed E-state index contributed by atoms with van der Waals surface area (Å²) < 4.78 is 41.0. The number of ether oxygens (including phenoxy) is 1. The zero-order chi connectivity index (χ0) is 13.1. The molecule has 0 amide bonds. The normalized spacial score (nSPS) is 13.0. The number of halogens is 4. The molecular formula is C11H11BrF3NO. The Morgan fingerprint density at radius 2 is 2.12 bits per heavy atom. The lowest BCUT2D eigenvalue weighted by molar-refractivity contribution is -0.274. The van der Waals surface area contributed by atoms with Gasteiger partial charge in [-0.3, -0.25) is 0 Å². The van der Waals surface area contributed by atoms with Crippen LogP contribution in [-0.4, -0.2) is 12.4 Å². The van der Waals surface area contributed by atoms with E-state index in [1.807, 2.05) is 0 Å². The Morgan fingerprint density at radius 1 is 1.47 bits per heavy atom. The molecule has 0 radical (unpaired) electrons. The predicted molar refractivity (Wildman–Crippen MR) is 64.1 cm³/mol. The summed E-state index contributed by atoms with van der Waals surface area (Å²) in [6.07, 6.45) is -3.13. The number of rotatable bonds is 4. The second kappa shape index (κ2) is 5.44. The molecule has 1 atom stereocenters. The van der Waals surface area contributed by atoms with E-state index >= 15 is 0 Å². The number of nitrogens with one attached hydrogen (secondary N) is 1. The van der Waals surface area contributed by atoms with Crippen molar-refractivity contribution in [2.45, 2.75) is 19.3 Å². The topological polar surface area (TPSA) is 21.3 Å². The Bertz CT molecular complexity index is 406. The van der Waals surface area contributed by atoms with Crippen LogP contribution in [0.25, 0.3) is 0 Å². The first-order valence-corrected chi connectivity index (χ1v) is 5.55. The third-order valence-corrected chi connectivity index (χ3v) is 2.40. The van der Waals surface area contributed by atoms with E-state index in [1.165, 1.54) is 12.1 Å². The molecule has 17 heavy (non-hydrogen) atoms. The van der Waals surface area contributed by atoms with Gasteiger partial charge in [0.05, 0.1) is 5.69 Å². The van der Waals surface area contributed by atoms with E-state index in [9.17, 15) is 13.2 Å². The largest absolute Gasteiger partial charge is 0.573 e. The average Bonchev–Trinajstić information content (AvgIpc) is 2.19. The van der Waals surface area contributed by atoms with Crippen LogP contribution in [-0.2, 0) is 0 Å². The fraction of sp³-hybridized carbons (Fsp3) is 0.273. The SMILES string of the molecule is C=CC(C)Nc1ccc(Br)cc1OC(F)(F)F. The fourth-order valence-corrected chi connectivity index (χ4v) is 1.47. The van der Waals surface area contributed by atoms with Gasteiger partial charge >= 0.3 is 6.36 Å². The second-order valence-corrected chi connectivity index (χ2v) is 4.27. The first-order valence-electron chi connectivity index (χ1n) is 4.76. The summed E-state index contributed by atoms with van der Waals surface area (Å²) in [5, 5.41) is 2.85. The molecule has 1 N–H and O–H groups in total. The van der Waals surface area contributed by atoms with Crippen LogP contribution in [0.1, 0.15) is 6.92 Å². The van der Waals surface area contributed by atoms with Crippen LogP contribution in [0.2, 0.25) is 0 Å². The smallest absolute Gasteiger partial charge is 0.404 e. The van der Waals surface area contributed by atoms with Gasteiger partial charge in [-0.25, -0.2) is 0 Å². The quantitative estimate of drug-likeness (QED) is 0.836. The summed E-state index contributed by atoms with van der Waals surface area (Å²) in [7, 11) is 0. The van der Waals surface area contributed by atoms with Gasteiger partial charge in [0.2, 0.25) is 0 Å². The molecule has 0 spiro atoms.